The Morgan fingerprint density at radius 2 is 2.10 bits per heavy atom. The third-order valence-corrected chi connectivity index (χ3v) is 4.51. The van der Waals surface area contributed by atoms with E-state index in [2.05, 4.69) is 21.0 Å². The molecule has 20 heavy (non-hydrogen) atoms. The van der Waals surface area contributed by atoms with Gasteiger partial charge >= 0.3 is 0 Å². The molecular weight excluding hydrogens is 365 g/mol. The van der Waals surface area contributed by atoms with E-state index in [9.17, 15) is 4.79 Å². The van der Waals surface area contributed by atoms with Crippen LogP contribution in [0, 0.1) is 0 Å². The van der Waals surface area contributed by atoms with E-state index < -0.39 is 0 Å². The van der Waals surface area contributed by atoms with Gasteiger partial charge in [0.15, 0.2) is 0 Å². The molecular formula is C13H12BrCl2N3O. The van der Waals surface area contributed by atoms with Crippen LogP contribution in [0.4, 0.5) is 5.69 Å². The largest absolute Gasteiger partial charge is 0.368 e. The van der Waals surface area contributed by atoms with Gasteiger partial charge in [-0.15, -0.1) is 0 Å². The Morgan fingerprint density at radius 1 is 1.40 bits per heavy atom. The molecule has 0 unspecified atom stereocenters. The Hall–Kier alpha value is -1.04. The van der Waals surface area contributed by atoms with Crippen molar-refractivity contribution < 1.29 is 0 Å². The zero-order valence-corrected chi connectivity index (χ0v) is 14.0. The summed E-state index contributed by atoms with van der Waals surface area (Å²) >= 11 is 15.5. The first-order valence-corrected chi connectivity index (χ1v) is 7.32. The zero-order chi connectivity index (χ0) is 14.9. The molecule has 0 fully saturated rings. The highest BCUT2D eigenvalue weighted by atomic mass is 79.9. The maximum Gasteiger partial charge on any atom is 0.282 e. The van der Waals surface area contributed by atoms with Crippen molar-refractivity contribution in [2.45, 2.75) is 6.54 Å². The van der Waals surface area contributed by atoms with E-state index in [0.717, 1.165) is 5.56 Å². The molecule has 0 saturated heterocycles. The lowest BCUT2D eigenvalue weighted by molar-refractivity contribution is 0.698. The molecule has 106 valence electrons. The van der Waals surface area contributed by atoms with Crippen LogP contribution in [0.25, 0.3) is 0 Å². The molecule has 2 rings (SSSR count). The SMILES string of the molecule is CN(Cc1cccc(Cl)c1Cl)c1cnn(C)c(=O)c1Br. The van der Waals surface area contributed by atoms with Gasteiger partial charge in [-0.2, -0.15) is 5.10 Å². The number of halogens is 3. The van der Waals surface area contributed by atoms with Crippen LogP contribution in [0.3, 0.4) is 0 Å². The van der Waals surface area contributed by atoms with Crippen LogP contribution >= 0.6 is 39.1 Å². The fraction of sp³-hybridized carbons (Fsp3) is 0.231. The number of hydrogen-bond donors (Lipinski definition) is 0. The van der Waals surface area contributed by atoms with Gasteiger partial charge in [-0.1, -0.05) is 35.3 Å². The van der Waals surface area contributed by atoms with Crippen molar-refractivity contribution in [2.24, 2.45) is 7.05 Å². The molecule has 1 heterocycles. The maximum absolute atomic E-state index is 11.8. The minimum Gasteiger partial charge on any atom is -0.368 e. The van der Waals surface area contributed by atoms with Gasteiger partial charge in [-0.25, -0.2) is 4.68 Å². The molecule has 0 bridgehead atoms. The highest BCUT2D eigenvalue weighted by Crippen LogP contribution is 2.28. The number of nitrogens with zero attached hydrogens (tertiary/aromatic N) is 3. The van der Waals surface area contributed by atoms with E-state index in [1.165, 1.54) is 4.68 Å². The van der Waals surface area contributed by atoms with Gasteiger partial charge in [-0.3, -0.25) is 4.79 Å². The number of benzene rings is 1. The number of aromatic nitrogens is 2. The lowest BCUT2D eigenvalue weighted by atomic mass is 10.2. The molecule has 0 aliphatic heterocycles. The Morgan fingerprint density at radius 3 is 2.80 bits per heavy atom. The molecule has 4 nitrogen and oxygen atoms in total. The Bertz CT molecular complexity index is 703. The molecule has 1 aromatic carbocycles. The van der Waals surface area contributed by atoms with Crippen molar-refractivity contribution in [2.75, 3.05) is 11.9 Å². The second-order valence-corrected chi connectivity index (χ2v) is 5.92. The monoisotopic (exact) mass is 375 g/mol. The van der Waals surface area contributed by atoms with E-state index in [0.29, 0.717) is 26.8 Å². The normalized spacial score (nSPS) is 10.7. The number of hydrogen-bond acceptors (Lipinski definition) is 3. The van der Waals surface area contributed by atoms with Crippen molar-refractivity contribution in [3.63, 3.8) is 0 Å². The second-order valence-electron chi connectivity index (χ2n) is 4.34. The summed E-state index contributed by atoms with van der Waals surface area (Å²) in [5.41, 5.74) is 1.39. The highest BCUT2D eigenvalue weighted by Gasteiger charge is 2.13. The van der Waals surface area contributed by atoms with Gasteiger partial charge in [0.1, 0.15) is 4.47 Å². The van der Waals surface area contributed by atoms with Crippen LogP contribution in [-0.2, 0) is 13.6 Å². The maximum atomic E-state index is 11.8. The van der Waals surface area contributed by atoms with Gasteiger partial charge < -0.3 is 4.90 Å². The molecule has 0 amide bonds. The van der Waals surface area contributed by atoms with Crippen LogP contribution < -0.4 is 10.5 Å². The molecule has 7 heteroatoms. The minimum atomic E-state index is -0.188. The average Bonchev–Trinajstić information content (AvgIpc) is 2.41. The van der Waals surface area contributed by atoms with Gasteiger partial charge in [-0.05, 0) is 27.6 Å². The Kier molecular flexibility index (Phi) is 4.73. The predicted molar refractivity (Wildman–Crippen MR) is 85.7 cm³/mol. The van der Waals surface area contributed by atoms with E-state index in [-0.39, 0.29) is 5.56 Å². The standard InChI is InChI=1S/C13H12BrCl2N3O/c1-18(7-8-4-3-5-9(15)12(8)16)10-6-17-19(2)13(20)11(10)14/h3-6H,7H2,1-2H3. The Labute approximate surface area is 135 Å². The topological polar surface area (TPSA) is 38.1 Å². The molecule has 0 N–H and O–H groups in total. The third kappa shape index (κ3) is 3.00. The van der Waals surface area contributed by atoms with Crippen molar-refractivity contribution >= 4 is 44.8 Å². The zero-order valence-electron chi connectivity index (χ0n) is 10.9. The summed E-state index contributed by atoms with van der Waals surface area (Å²) in [7, 11) is 3.46. The van der Waals surface area contributed by atoms with Gasteiger partial charge in [0, 0.05) is 20.6 Å². The average molecular weight is 377 g/mol. The highest BCUT2D eigenvalue weighted by molar-refractivity contribution is 9.10. The lowest BCUT2D eigenvalue weighted by Gasteiger charge is -2.21. The molecule has 0 atom stereocenters. The molecule has 0 aliphatic rings. The van der Waals surface area contributed by atoms with Crippen LogP contribution in [0.15, 0.2) is 33.7 Å². The third-order valence-electron chi connectivity index (χ3n) is 2.91. The summed E-state index contributed by atoms with van der Waals surface area (Å²) in [5.74, 6) is 0. The number of aryl methyl sites for hydroxylation is 1. The molecule has 2 aromatic rings. The number of rotatable bonds is 3. The fourth-order valence-electron chi connectivity index (χ4n) is 1.78. The minimum absolute atomic E-state index is 0.188. The van der Waals surface area contributed by atoms with Crippen LogP contribution in [0.1, 0.15) is 5.56 Å². The van der Waals surface area contributed by atoms with Crippen LogP contribution in [0.2, 0.25) is 10.0 Å². The van der Waals surface area contributed by atoms with E-state index >= 15 is 0 Å². The summed E-state index contributed by atoms with van der Waals surface area (Å²) in [6.45, 7) is 0.521. The van der Waals surface area contributed by atoms with Crippen molar-refractivity contribution in [1.82, 2.24) is 9.78 Å². The second kappa shape index (κ2) is 6.16. The van der Waals surface area contributed by atoms with Gasteiger partial charge in [0.05, 0.1) is 21.9 Å². The first-order chi connectivity index (χ1) is 9.41. The summed E-state index contributed by atoms with van der Waals surface area (Å²) in [6.07, 6.45) is 1.63. The quantitative estimate of drug-likeness (QED) is 0.822. The van der Waals surface area contributed by atoms with Crippen LogP contribution in [0.5, 0.6) is 0 Å². The van der Waals surface area contributed by atoms with Crippen LogP contribution in [-0.4, -0.2) is 16.8 Å². The van der Waals surface area contributed by atoms with E-state index in [1.807, 2.05) is 24.1 Å². The molecule has 0 aliphatic carbocycles. The summed E-state index contributed by atoms with van der Waals surface area (Å²) in [4.78, 5) is 13.7. The lowest BCUT2D eigenvalue weighted by Crippen LogP contribution is -2.25. The first-order valence-electron chi connectivity index (χ1n) is 5.77. The van der Waals surface area contributed by atoms with E-state index in [4.69, 9.17) is 23.2 Å². The van der Waals surface area contributed by atoms with Crippen molar-refractivity contribution in [3.05, 3.63) is 54.8 Å². The van der Waals surface area contributed by atoms with Gasteiger partial charge in [0.2, 0.25) is 0 Å². The predicted octanol–water partition coefficient (Wildman–Crippen LogP) is 3.49. The van der Waals surface area contributed by atoms with Crippen molar-refractivity contribution in [3.8, 4) is 0 Å². The molecule has 0 spiro atoms. The van der Waals surface area contributed by atoms with Crippen molar-refractivity contribution in [1.29, 1.82) is 0 Å². The van der Waals surface area contributed by atoms with Gasteiger partial charge in [0.25, 0.3) is 5.56 Å². The first kappa shape index (κ1) is 15.4. The fourth-order valence-corrected chi connectivity index (χ4v) is 2.82. The smallest absolute Gasteiger partial charge is 0.282 e. The molecule has 1 aromatic heterocycles. The van der Waals surface area contributed by atoms with E-state index in [1.54, 1.807) is 19.3 Å². The number of anilines is 1. The molecule has 0 saturated carbocycles. The summed E-state index contributed by atoms with van der Waals surface area (Å²) in [5, 5.41) is 5.05. The summed E-state index contributed by atoms with van der Waals surface area (Å²) in [6, 6.07) is 5.48. The summed E-state index contributed by atoms with van der Waals surface area (Å²) < 4.78 is 1.74. The Balaban J connectivity index is 2.33. The molecule has 0 radical (unpaired) electrons.